The highest BCUT2D eigenvalue weighted by Gasteiger charge is 2.03. The summed E-state index contributed by atoms with van der Waals surface area (Å²) in [5, 5.41) is 3.14. The fourth-order valence-corrected chi connectivity index (χ4v) is 2.40. The number of carbonyl (C=O) groups is 1. The minimum Gasteiger partial charge on any atom is -0.423 e. The van der Waals surface area contributed by atoms with Crippen LogP contribution in [0.4, 0.5) is 11.6 Å². The molecule has 1 heterocycles. The van der Waals surface area contributed by atoms with E-state index in [4.69, 9.17) is 4.74 Å². The molecule has 1 aromatic heterocycles. The van der Waals surface area contributed by atoms with Crippen molar-refractivity contribution in [1.29, 1.82) is 0 Å². The molecule has 0 saturated carbocycles. The SMILES string of the molecule is Cc1cc(C)nc(Nc2ccc(OC(=O)/C=C/c3ccccc3)cc2)n1. The van der Waals surface area contributed by atoms with E-state index in [9.17, 15) is 4.79 Å². The second kappa shape index (κ2) is 8.07. The van der Waals surface area contributed by atoms with Crippen LogP contribution in [0.3, 0.4) is 0 Å². The molecule has 0 aliphatic heterocycles. The van der Waals surface area contributed by atoms with Gasteiger partial charge in [0.05, 0.1) is 0 Å². The number of aryl methyl sites for hydroxylation is 2. The van der Waals surface area contributed by atoms with Crippen molar-refractivity contribution in [2.45, 2.75) is 13.8 Å². The summed E-state index contributed by atoms with van der Waals surface area (Å²) in [4.78, 5) is 20.6. The first-order chi connectivity index (χ1) is 12.6. The van der Waals surface area contributed by atoms with Gasteiger partial charge in [-0.1, -0.05) is 30.3 Å². The van der Waals surface area contributed by atoms with Gasteiger partial charge < -0.3 is 10.1 Å². The molecular formula is C21H19N3O2. The number of nitrogens with zero attached hydrogens (tertiary/aromatic N) is 2. The van der Waals surface area contributed by atoms with Crippen LogP contribution in [0.1, 0.15) is 17.0 Å². The van der Waals surface area contributed by atoms with Gasteiger partial charge in [-0.15, -0.1) is 0 Å². The Bertz CT molecular complexity index is 899. The lowest BCUT2D eigenvalue weighted by atomic mass is 10.2. The maximum Gasteiger partial charge on any atom is 0.336 e. The molecule has 0 radical (unpaired) electrons. The van der Waals surface area contributed by atoms with Gasteiger partial charge >= 0.3 is 5.97 Å². The molecule has 0 spiro atoms. The van der Waals surface area contributed by atoms with Gasteiger partial charge in [-0.3, -0.25) is 0 Å². The maximum absolute atomic E-state index is 11.9. The molecule has 26 heavy (non-hydrogen) atoms. The summed E-state index contributed by atoms with van der Waals surface area (Å²) in [6.07, 6.45) is 3.13. The van der Waals surface area contributed by atoms with Crippen molar-refractivity contribution in [1.82, 2.24) is 9.97 Å². The number of carbonyl (C=O) groups excluding carboxylic acids is 1. The van der Waals surface area contributed by atoms with E-state index in [1.165, 1.54) is 6.08 Å². The minimum absolute atomic E-state index is 0.424. The first-order valence-corrected chi connectivity index (χ1v) is 8.23. The standard InChI is InChI=1S/C21H19N3O2/c1-15-14-16(2)23-21(22-15)24-18-9-11-19(12-10-18)26-20(25)13-8-17-6-4-3-5-7-17/h3-14H,1-2H3,(H,22,23,24)/b13-8+. The van der Waals surface area contributed by atoms with Gasteiger partial charge in [0.25, 0.3) is 0 Å². The third-order valence-corrected chi connectivity index (χ3v) is 3.52. The van der Waals surface area contributed by atoms with Crippen LogP contribution in [0.2, 0.25) is 0 Å². The highest BCUT2D eigenvalue weighted by atomic mass is 16.5. The molecule has 0 aliphatic carbocycles. The predicted molar refractivity (Wildman–Crippen MR) is 102 cm³/mol. The Morgan fingerprint density at radius 2 is 1.62 bits per heavy atom. The molecule has 3 aromatic rings. The van der Waals surface area contributed by atoms with Gasteiger partial charge in [-0.05, 0) is 55.8 Å². The Kier molecular flexibility index (Phi) is 5.39. The summed E-state index contributed by atoms with van der Waals surface area (Å²) >= 11 is 0. The first-order valence-electron chi connectivity index (χ1n) is 8.23. The molecule has 5 nitrogen and oxygen atoms in total. The van der Waals surface area contributed by atoms with E-state index < -0.39 is 5.97 Å². The minimum atomic E-state index is -0.424. The zero-order valence-corrected chi connectivity index (χ0v) is 14.6. The van der Waals surface area contributed by atoms with Gasteiger partial charge in [0.2, 0.25) is 5.95 Å². The van der Waals surface area contributed by atoms with Crippen LogP contribution in [0.15, 0.2) is 66.7 Å². The van der Waals surface area contributed by atoms with Gasteiger partial charge in [0, 0.05) is 23.2 Å². The molecule has 2 aromatic carbocycles. The molecular weight excluding hydrogens is 326 g/mol. The second-order valence-corrected chi connectivity index (χ2v) is 5.79. The summed E-state index contributed by atoms with van der Waals surface area (Å²) in [6.45, 7) is 3.84. The molecule has 3 rings (SSSR count). The number of anilines is 2. The van der Waals surface area contributed by atoms with Crippen molar-refractivity contribution in [3.63, 3.8) is 0 Å². The lowest BCUT2D eigenvalue weighted by Gasteiger charge is -2.07. The zero-order chi connectivity index (χ0) is 18.4. The van der Waals surface area contributed by atoms with Crippen LogP contribution >= 0.6 is 0 Å². The van der Waals surface area contributed by atoms with Crippen molar-refractivity contribution < 1.29 is 9.53 Å². The molecule has 130 valence electrons. The van der Waals surface area contributed by atoms with Gasteiger partial charge in [-0.2, -0.15) is 0 Å². The van der Waals surface area contributed by atoms with E-state index in [1.54, 1.807) is 18.2 Å². The maximum atomic E-state index is 11.9. The van der Waals surface area contributed by atoms with Crippen LogP contribution in [0, 0.1) is 13.8 Å². The number of hydrogen-bond donors (Lipinski definition) is 1. The number of nitrogens with one attached hydrogen (secondary N) is 1. The molecule has 0 aliphatic rings. The van der Waals surface area contributed by atoms with Crippen LogP contribution < -0.4 is 10.1 Å². The fourth-order valence-electron chi connectivity index (χ4n) is 2.40. The van der Waals surface area contributed by atoms with Crippen molar-refractivity contribution in [3.05, 3.63) is 83.7 Å². The topological polar surface area (TPSA) is 64.1 Å². The van der Waals surface area contributed by atoms with Crippen molar-refractivity contribution in [2.75, 3.05) is 5.32 Å². The molecule has 0 bridgehead atoms. The van der Waals surface area contributed by atoms with Crippen LogP contribution in [-0.2, 0) is 4.79 Å². The Labute approximate surface area is 152 Å². The third kappa shape index (κ3) is 5.01. The van der Waals surface area contributed by atoms with Gasteiger partial charge in [-0.25, -0.2) is 14.8 Å². The quantitative estimate of drug-likeness (QED) is 0.420. The van der Waals surface area contributed by atoms with E-state index in [-0.39, 0.29) is 0 Å². The summed E-state index contributed by atoms with van der Waals surface area (Å²) < 4.78 is 5.29. The van der Waals surface area contributed by atoms with Crippen molar-refractivity contribution >= 4 is 23.7 Å². The largest absolute Gasteiger partial charge is 0.423 e. The van der Waals surface area contributed by atoms with E-state index >= 15 is 0 Å². The normalized spacial score (nSPS) is 10.7. The fraction of sp³-hybridized carbons (Fsp3) is 0.0952. The lowest BCUT2D eigenvalue weighted by Crippen LogP contribution is -2.04. The van der Waals surface area contributed by atoms with E-state index in [0.29, 0.717) is 11.7 Å². The summed E-state index contributed by atoms with van der Waals surface area (Å²) in [5.74, 6) is 0.588. The molecule has 0 saturated heterocycles. The smallest absolute Gasteiger partial charge is 0.336 e. The monoisotopic (exact) mass is 345 g/mol. The molecule has 0 atom stereocenters. The van der Waals surface area contributed by atoms with Gasteiger partial charge in [0.15, 0.2) is 0 Å². The molecule has 0 amide bonds. The Hall–Kier alpha value is -3.47. The van der Waals surface area contributed by atoms with Gasteiger partial charge in [0.1, 0.15) is 5.75 Å². The molecule has 0 fully saturated rings. The van der Waals surface area contributed by atoms with E-state index in [1.807, 2.05) is 62.4 Å². The van der Waals surface area contributed by atoms with Crippen LogP contribution in [-0.4, -0.2) is 15.9 Å². The third-order valence-electron chi connectivity index (χ3n) is 3.52. The first kappa shape index (κ1) is 17.4. The Morgan fingerprint density at radius 3 is 2.27 bits per heavy atom. The zero-order valence-electron chi connectivity index (χ0n) is 14.6. The molecule has 5 heteroatoms. The number of benzene rings is 2. The Morgan fingerprint density at radius 1 is 0.962 bits per heavy atom. The number of esters is 1. The highest BCUT2D eigenvalue weighted by Crippen LogP contribution is 2.19. The average Bonchev–Trinajstić information content (AvgIpc) is 2.62. The molecule has 0 unspecified atom stereocenters. The summed E-state index contributed by atoms with van der Waals surface area (Å²) in [7, 11) is 0. The highest BCUT2D eigenvalue weighted by molar-refractivity contribution is 5.88. The Balaban J connectivity index is 1.60. The van der Waals surface area contributed by atoms with Crippen LogP contribution in [0.25, 0.3) is 6.08 Å². The van der Waals surface area contributed by atoms with Crippen LogP contribution in [0.5, 0.6) is 5.75 Å². The summed E-state index contributed by atoms with van der Waals surface area (Å²) in [5.41, 5.74) is 3.55. The number of aromatic nitrogens is 2. The molecule has 1 N–H and O–H groups in total. The van der Waals surface area contributed by atoms with E-state index in [2.05, 4.69) is 15.3 Å². The lowest BCUT2D eigenvalue weighted by molar-refractivity contribution is -0.128. The second-order valence-electron chi connectivity index (χ2n) is 5.79. The van der Waals surface area contributed by atoms with Crippen molar-refractivity contribution in [3.8, 4) is 5.75 Å². The van der Waals surface area contributed by atoms with Crippen molar-refractivity contribution in [2.24, 2.45) is 0 Å². The number of ether oxygens (including phenoxy) is 1. The van der Waals surface area contributed by atoms with E-state index in [0.717, 1.165) is 22.6 Å². The summed E-state index contributed by atoms with van der Waals surface area (Å²) in [6, 6.07) is 18.6. The average molecular weight is 345 g/mol. The number of rotatable bonds is 5. The predicted octanol–water partition coefficient (Wildman–Crippen LogP) is 4.46. The number of hydrogen-bond acceptors (Lipinski definition) is 5.